The summed E-state index contributed by atoms with van der Waals surface area (Å²) in [6.07, 6.45) is 0. The minimum absolute atomic E-state index is 0.240. The van der Waals surface area contributed by atoms with Crippen LogP contribution in [0.25, 0.3) is 0 Å². The fourth-order valence-electron chi connectivity index (χ4n) is 0.146. The number of rotatable bonds is 4. The predicted molar refractivity (Wildman–Crippen MR) is 34.4 cm³/mol. The van der Waals surface area contributed by atoms with Crippen LogP contribution in [-0.2, 0) is 9.22 Å². The van der Waals surface area contributed by atoms with Crippen molar-refractivity contribution >= 4 is 12.3 Å². The molecule has 0 aromatic rings. The minimum atomic E-state index is -2.80. The van der Waals surface area contributed by atoms with Gasteiger partial charge in [-0.3, -0.25) is 5.73 Å². The molecule has 0 heterocycles. The number of aliphatic hydroxyl groups is 3. The molecule has 1 atom stereocenters. The number of nitrogens with two attached hydrogens (primary N) is 1. The van der Waals surface area contributed by atoms with E-state index in [2.05, 4.69) is 9.22 Å². The average molecular weight is 187 g/mol. The molecule has 11 heavy (non-hydrogen) atoms. The summed E-state index contributed by atoms with van der Waals surface area (Å²) in [5, 5.41) is 26.1. The van der Waals surface area contributed by atoms with E-state index in [0.29, 0.717) is 0 Å². The summed E-state index contributed by atoms with van der Waals surface area (Å²) in [5.41, 5.74) is 4.76. The number of hydrogen-bond acceptors (Lipinski definition) is 8. The Bertz CT molecular complexity index is 121. The average Bonchev–Trinajstić information content (AvgIpc) is 1.81. The summed E-state index contributed by atoms with van der Waals surface area (Å²) >= 11 is -0.240. The van der Waals surface area contributed by atoms with Crippen LogP contribution >= 0.6 is 12.3 Å². The second-order valence-electron chi connectivity index (χ2n) is 1.94. The standard InChI is InChI=1S/C3H9NO6S/c1-2(5,6)3(4,7)9-10-11-8/h5-8H,4H2,1H3. The summed E-state index contributed by atoms with van der Waals surface area (Å²) in [4.78, 5) is 3.79. The van der Waals surface area contributed by atoms with Crippen LogP contribution in [0.3, 0.4) is 0 Å². The normalized spacial score (nSPS) is 18.0. The van der Waals surface area contributed by atoms with Crippen LogP contribution < -0.4 is 5.73 Å². The van der Waals surface area contributed by atoms with E-state index in [1.807, 2.05) is 0 Å². The predicted octanol–water partition coefficient (Wildman–Crippen LogP) is -1.64. The Morgan fingerprint density at radius 3 is 2.09 bits per heavy atom. The van der Waals surface area contributed by atoms with E-state index in [0.717, 1.165) is 6.92 Å². The van der Waals surface area contributed by atoms with Crippen molar-refractivity contribution < 1.29 is 29.1 Å². The molecule has 1 unspecified atom stereocenters. The summed E-state index contributed by atoms with van der Waals surface area (Å²) in [5.74, 6) is -5.49. The quantitative estimate of drug-likeness (QED) is 0.153. The van der Waals surface area contributed by atoms with Gasteiger partial charge < -0.3 is 19.9 Å². The van der Waals surface area contributed by atoms with Crippen molar-refractivity contribution in [2.24, 2.45) is 5.73 Å². The first-order valence-electron chi connectivity index (χ1n) is 2.43. The van der Waals surface area contributed by atoms with Gasteiger partial charge in [0.25, 0.3) is 0 Å². The first kappa shape index (κ1) is 11.1. The first-order valence-corrected chi connectivity index (χ1v) is 3.13. The van der Waals surface area contributed by atoms with Gasteiger partial charge in [0.2, 0.25) is 5.79 Å². The Labute approximate surface area is 66.7 Å². The van der Waals surface area contributed by atoms with Gasteiger partial charge in [-0.25, -0.2) is 0 Å². The topological polar surface area (TPSA) is 125 Å². The molecule has 6 N–H and O–H groups in total. The van der Waals surface area contributed by atoms with Crippen LogP contribution in [0.4, 0.5) is 0 Å². The molecule has 0 saturated heterocycles. The molecular formula is C3H9NO6S. The fourth-order valence-corrected chi connectivity index (χ4v) is 0.280. The van der Waals surface area contributed by atoms with E-state index >= 15 is 0 Å². The monoisotopic (exact) mass is 187 g/mol. The summed E-state index contributed by atoms with van der Waals surface area (Å²) in [6, 6.07) is 0. The molecule has 0 rings (SSSR count). The molecule has 0 spiro atoms. The van der Waals surface area contributed by atoms with Crippen molar-refractivity contribution in [1.82, 2.24) is 0 Å². The lowest BCUT2D eigenvalue weighted by Gasteiger charge is -2.29. The van der Waals surface area contributed by atoms with Gasteiger partial charge in [0.05, 0.1) is 0 Å². The van der Waals surface area contributed by atoms with Gasteiger partial charge in [-0.2, -0.15) is 4.89 Å². The Balaban J connectivity index is 4.00. The highest BCUT2D eigenvalue weighted by molar-refractivity contribution is 7.88. The van der Waals surface area contributed by atoms with Gasteiger partial charge in [0, 0.05) is 0 Å². The van der Waals surface area contributed by atoms with Crippen molar-refractivity contribution in [3.63, 3.8) is 0 Å². The minimum Gasteiger partial charge on any atom is -0.360 e. The zero-order valence-corrected chi connectivity index (χ0v) is 6.41. The van der Waals surface area contributed by atoms with E-state index in [9.17, 15) is 0 Å². The molecule has 0 radical (unpaired) electrons. The molecule has 0 aromatic heterocycles. The molecule has 0 fully saturated rings. The Morgan fingerprint density at radius 1 is 1.36 bits per heavy atom. The largest absolute Gasteiger partial charge is 0.360 e. The van der Waals surface area contributed by atoms with Gasteiger partial charge >= 0.3 is 5.91 Å². The third kappa shape index (κ3) is 3.31. The first-order chi connectivity index (χ1) is 4.81. The Hall–Kier alpha value is 0.0700. The molecule has 0 aliphatic heterocycles. The zero-order valence-electron chi connectivity index (χ0n) is 5.59. The fraction of sp³-hybridized carbons (Fsp3) is 1.00. The van der Waals surface area contributed by atoms with Crippen molar-refractivity contribution in [2.45, 2.75) is 18.6 Å². The van der Waals surface area contributed by atoms with Crippen LogP contribution in [0.15, 0.2) is 0 Å². The van der Waals surface area contributed by atoms with Crippen LogP contribution in [-0.4, -0.2) is 31.6 Å². The van der Waals surface area contributed by atoms with Crippen molar-refractivity contribution in [3.05, 3.63) is 0 Å². The van der Waals surface area contributed by atoms with Gasteiger partial charge in [-0.05, 0) is 6.92 Å². The van der Waals surface area contributed by atoms with Crippen molar-refractivity contribution in [2.75, 3.05) is 0 Å². The molecule has 7 nitrogen and oxygen atoms in total. The lowest BCUT2D eigenvalue weighted by Crippen LogP contribution is -2.60. The molecule has 0 bridgehead atoms. The van der Waals surface area contributed by atoms with E-state index < -0.39 is 11.7 Å². The summed E-state index contributed by atoms with van der Waals surface area (Å²) < 4.78 is 11.6. The molecule has 8 heteroatoms. The maximum atomic E-state index is 8.79. The molecule has 0 amide bonds. The van der Waals surface area contributed by atoms with Crippen LogP contribution in [0, 0.1) is 0 Å². The van der Waals surface area contributed by atoms with E-state index in [-0.39, 0.29) is 12.3 Å². The SMILES string of the molecule is CC(O)(O)C(N)(O)OOSO. The van der Waals surface area contributed by atoms with Crippen LogP contribution in [0.1, 0.15) is 6.92 Å². The van der Waals surface area contributed by atoms with E-state index in [4.69, 9.17) is 25.6 Å². The molecular weight excluding hydrogens is 178 g/mol. The Kier molecular flexibility index (Phi) is 3.67. The molecule has 68 valence electrons. The van der Waals surface area contributed by atoms with E-state index in [1.165, 1.54) is 0 Å². The molecule has 0 saturated carbocycles. The van der Waals surface area contributed by atoms with Gasteiger partial charge in [-0.1, -0.05) is 0 Å². The van der Waals surface area contributed by atoms with Gasteiger partial charge in [-0.15, -0.1) is 4.33 Å². The summed E-state index contributed by atoms with van der Waals surface area (Å²) in [6.45, 7) is 0.776. The highest BCUT2D eigenvalue weighted by Crippen LogP contribution is 2.16. The third-order valence-electron chi connectivity index (χ3n) is 0.870. The lowest BCUT2D eigenvalue weighted by atomic mass is 10.2. The maximum Gasteiger partial charge on any atom is 0.309 e. The Morgan fingerprint density at radius 2 is 1.82 bits per heavy atom. The highest BCUT2D eigenvalue weighted by Gasteiger charge is 2.44. The molecule has 0 aliphatic rings. The number of hydrogen-bond donors (Lipinski definition) is 5. The van der Waals surface area contributed by atoms with Crippen molar-refractivity contribution in [1.29, 1.82) is 0 Å². The smallest absolute Gasteiger partial charge is 0.309 e. The maximum absolute atomic E-state index is 8.79. The van der Waals surface area contributed by atoms with Crippen LogP contribution in [0.2, 0.25) is 0 Å². The second kappa shape index (κ2) is 3.65. The van der Waals surface area contributed by atoms with Crippen LogP contribution in [0.5, 0.6) is 0 Å². The molecule has 0 aromatic carbocycles. The van der Waals surface area contributed by atoms with E-state index in [1.54, 1.807) is 0 Å². The third-order valence-corrected chi connectivity index (χ3v) is 0.999. The molecule has 0 aliphatic carbocycles. The zero-order chi connectivity index (χ0) is 9.12. The highest BCUT2D eigenvalue weighted by atomic mass is 32.2. The second-order valence-corrected chi connectivity index (χ2v) is 2.23. The lowest BCUT2D eigenvalue weighted by molar-refractivity contribution is -0.445. The van der Waals surface area contributed by atoms with Gasteiger partial charge in [0.15, 0.2) is 12.3 Å². The van der Waals surface area contributed by atoms with Crippen molar-refractivity contribution in [3.8, 4) is 0 Å². The summed E-state index contributed by atoms with van der Waals surface area (Å²) in [7, 11) is 0. The van der Waals surface area contributed by atoms with Gasteiger partial charge in [0.1, 0.15) is 0 Å².